The summed E-state index contributed by atoms with van der Waals surface area (Å²) in [6.07, 6.45) is 2.44. The molecule has 0 aromatic carbocycles. The number of halogens is 2. The second kappa shape index (κ2) is 6.87. The van der Waals surface area contributed by atoms with Crippen molar-refractivity contribution in [1.29, 1.82) is 0 Å². The van der Waals surface area contributed by atoms with E-state index in [1.165, 1.54) is 0 Å². The summed E-state index contributed by atoms with van der Waals surface area (Å²) in [6.45, 7) is 4.49. The smallest absolute Gasteiger partial charge is 0.226 e. The van der Waals surface area contributed by atoms with E-state index in [0.29, 0.717) is 30.2 Å². The van der Waals surface area contributed by atoms with Crippen molar-refractivity contribution in [1.82, 2.24) is 9.97 Å². The van der Waals surface area contributed by atoms with Crippen molar-refractivity contribution in [3.05, 3.63) is 12.3 Å². The molecule has 6 heteroatoms. The van der Waals surface area contributed by atoms with E-state index in [2.05, 4.69) is 15.3 Å². The van der Waals surface area contributed by atoms with Crippen molar-refractivity contribution in [2.24, 2.45) is 0 Å². The second-order valence-corrected chi connectivity index (χ2v) is 4.21. The first kappa shape index (κ1) is 14.3. The van der Waals surface area contributed by atoms with Crippen LogP contribution < -0.4 is 10.1 Å². The molecule has 1 aromatic heterocycles. The molecule has 17 heavy (non-hydrogen) atoms. The Labute approximate surface area is 112 Å². The van der Waals surface area contributed by atoms with Crippen LogP contribution in [0.25, 0.3) is 0 Å². The molecule has 0 radical (unpaired) electrons. The molecular formula is C11H17Cl2N3O. The van der Waals surface area contributed by atoms with Gasteiger partial charge in [-0.25, -0.2) is 4.98 Å². The Morgan fingerprint density at radius 3 is 2.59 bits per heavy atom. The molecular weight excluding hydrogens is 261 g/mol. The third-order valence-corrected chi connectivity index (χ3v) is 3.51. The first-order valence-electron chi connectivity index (χ1n) is 5.55. The zero-order valence-corrected chi connectivity index (χ0v) is 11.6. The standard InChI is InChI=1S/C11H17Cl2N3O/c1-3-11(7-12,8-13)16-10-14-6-5-9(15-10)17-4-2/h5-6H,3-4,7-8H2,1-2H3,(H,14,15,16). The maximum absolute atomic E-state index is 5.94. The molecule has 0 aliphatic carbocycles. The van der Waals surface area contributed by atoms with Gasteiger partial charge in [-0.15, -0.1) is 23.2 Å². The summed E-state index contributed by atoms with van der Waals surface area (Å²) >= 11 is 11.9. The van der Waals surface area contributed by atoms with Crippen LogP contribution in [-0.4, -0.2) is 33.9 Å². The van der Waals surface area contributed by atoms with E-state index in [1.807, 2.05) is 13.8 Å². The zero-order valence-electron chi connectivity index (χ0n) is 10.0. The van der Waals surface area contributed by atoms with Crippen molar-refractivity contribution in [2.45, 2.75) is 25.8 Å². The van der Waals surface area contributed by atoms with Crippen LogP contribution in [0.3, 0.4) is 0 Å². The predicted molar refractivity (Wildman–Crippen MR) is 71.3 cm³/mol. The van der Waals surface area contributed by atoms with E-state index >= 15 is 0 Å². The van der Waals surface area contributed by atoms with E-state index < -0.39 is 0 Å². The fourth-order valence-corrected chi connectivity index (χ4v) is 2.05. The fourth-order valence-electron chi connectivity index (χ4n) is 1.25. The number of nitrogens with zero attached hydrogens (tertiary/aromatic N) is 2. The van der Waals surface area contributed by atoms with E-state index in [1.54, 1.807) is 12.3 Å². The highest BCUT2D eigenvalue weighted by Crippen LogP contribution is 2.20. The Morgan fingerprint density at radius 1 is 1.35 bits per heavy atom. The van der Waals surface area contributed by atoms with Gasteiger partial charge in [-0.3, -0.25) is 0 Å². The molecule has 0 amide bonds. The third-order valence-electron chi connectivity index (χ3n) is 2.49. The van der Waals surface area contributed by atoms with Crippen LogP contribution in [0.15, 0.2) is 12.3 Å². The summed E-state index contributed by atoms with van der Waals surface area (Å²) in [5.74, 6) is 1.82. The highest BCUT2D eigenvalue weighted by Gasteiger charge is 2.27. The van der Waals surface area contributed by atoms with Gasteiger partial charge in [-0.05, 0) is 13.3 Å². The summed E-state index contributed by atoms with van der Waals surface area (Å²) in [5, 5.41) is 3.17. The zero-order chi connectivity index (χ0) is 12.7. The molecule has 0 saturated heterocycles. The Hall–Kier alpha value is -0.740. The fraction of sp³-hybridized carbons (Fsp3) is 0.636. The average molecular weight is 278 g/mol. The molecule has 0 spiro atoms. The second-order valence-electron chi connectivity index (χ2n) is 3.68. The normalized spacial score (nSPS) is 11.3. The van der Waals surface area contributed by atoms with Crippen LogP contribution in [0.4, 0.5) is 5.95 Å². The minimum Gasteiger partial charge on any atom is -0.478 e. The maximum Gasteiger partial charge on any atom is 0.226 e. The van der Waals surface area contributed by atoms with Gasteiger partial charge in [-0.2, -0.15) is 4.98 Å². The summed E-state index contributed by atoms with van der Waals surface area (Å²) in [4.78, 5) is 8.36. The van der Waals surface area contributed by atoms with Gasteiger partial charge in [0.2, 0.25) is 11.8 Å². The molecule has 4 nitrogen and oxygen atoms in total. The Kier molecular flexibility index (Phi) is 5.78. The van der Waals surface area contributed by atoms with Gasteiger partial charge in [0.15, 0.2) is 0 Å². The topological polar surface area (TPSA) is 47.0 Å². The van der Waals surface area contributed by atoms with Crippen molar-refractivity contribution < 1.29 is 4.74 Å². The highest BCUT2D eigenvalue weighted by atomic mass is 35.5. The molecule has 1 N–H and O–H groups in total. The molecule has 1 rings (SSSR count). The largest absolute Gasteiger partial charge is 0.478 e. The maximum atomic E-state index is 5.94. The minimum absolute atomic E-state index is 0.381. The van der Waals surface area contributed by atoms with Gasteiger partial charge in [0.25, 0.3) is 0 Å². The summed E-state index contributed by atoms with van der Waals surface area (Å²) in [5.41, 5.74) is -0.381. The molecule has 0 saturated carbocycles. The van der Waals surface area contributed by atoms with E-state index in [-0.39, 0.29) is 5.54 Å². The number of hydrogen-bond donors (Lipinski definition) is 1. The van der Waals surface area contributed by atoms with E-state index in [0.717, 1.165) is 6.42 Å². The quantitative estimate of drug-likeness (QED) is 0.779. The molecule has 96 valence electrons. The predicted octanol–water partition coefficient (Wildman–Crippen LogP) is 2.91. The first-order valence-corrected chi connectivity index (χ1v) is 6.62. The highest BCUT2D eigenvalue weighted by molar-refractivity contribution is 6.22. The SMILES string of the molecule is CCOc1ccnc(NC(CC)(CCl)CCl)n1. The number of rotatable bonds is 7. The van der Waals surface area contributed by atoms with Crippen molar-refractivity contribution >= 4 is 29.2 Å². The van der Waals surface area contributed by atoms with Crippen molar-refractivity contribution in [2.75, 3.05) is 23.7 Å². The van der Waals surface area contributed by atoms with E-state index in [4.69, 9.17) is 27.9 Å². The molecule has 0 aliphatic heterocycles. The van der Waals surface area contributed by atoms with E-state index in [9.17, 15) is 0 Å². The molecule has 0 aliphatic rings. The number of alkyl halides is 2. The summed E-state index contributed by atoms with van der Waals surface area (Å²) in [6, 6.07) is 1.71. The van der Waals surface area contributed by atoms with Gasteiger partial charge in [0.05, 0.1) is 12.1 Å². The van der Waals surface area contributed by atoms with Crippen LogP contribution in [0, 0.1) is 0 Å². The average Bonchev–Trinajstić information content (AvgIpc) is 2.37. The minimum atomic E-state index is -0.381. The van der Waals surface area contributed by atoms with Crippen LogP contribution in [-0.2, 0) is 0 Å². The van der Waals surface area contributed by atoms with Gasteiger partial charge in [0.1, 0.15) is 0 Å². The Bertz CT molecular complexity index is 337. The van der Waals surface area contributed by atoms with Gasteiger partial charge < -0.3 is 10.1 Å². The van der Waals surface area contributed by atoms with Crippen molar-refractivity contribution in [3.8, 4) is 5.88 Å². The number of aromatic nitrogens is 2. The lowest BCUT2D eigenvalue weighted by Crippen LogP contribution is -2.42. The lowest BCUT2D eigenvalue weighted by Gasteiger charge is -2.29. The molecule has 0 fully saturated rings. The molecule has 0 bridgehead atoms. The Morgan fingerprint density at radius 2 is 2.06 bits per heavy atom. The van der Waals surface area contributed by atoms with Gasteiger partial charge in [-0.1, -0.05) is 6.92 Å². The Balaban J connectivity index is 2.82. The first-order chi connectivity index (χ1) is 8.19. The molecule has 1 heterocycles. The molecule has 1 aromatic rings. The summed E-state index contributed by atoms with van der Waals surface area (Å²) < 4.78 is 5.30. The lowest BCUT2D eigenvalue weighted by molar-refractivity contribution is 0.326. The van der Waals surface area contributed by atoms with Gasteiger partial charge in [0, 0.05) is 24.0 Å². The van der Waals surface area contributed by atoms with Crippen LogP contribution in [0.2, 0.25) is 0 Å². The van der Waals surface area contributed by atoms with Gasteiger partial charge >= 0.3 is 0 Å². The van der Waals surface area contributed by atoms with Crippen LogP contribution in [0.5, 0.6) is 5.88 Å². The summed E-state index contributed by atoms with van der Waals surface area (Å²) in [7, 11) is 0. The van der Waals surface area contributed by atoms with Crippen LogP contribution in [0.1, 0.15) is 20.3 Å². The number of nitrogens with one attached hydrogen (secondary N) is 1. The molecule has 0 unspecified atom stereocenters. The van der Waals surface area contributed by atoms with Crippen molar-refractivity contribution in [3.63, 3.8) is 0 Å². The number of ether oxygens (including phenoxy) is 1. The third kappa shape index (κ3) is 3.89. The monoisotopic (exact) mass is 277 g/mol. The number of hydrogen-bond acceptors (Lipinski definition) is 4. The molecule has 0 atom stereocenters. The van der Waals surface area contributed by atoms with Crippen LogP contribution >= 0.6 is 23.2 Å². The number of anilines is 1. The lowest BCUT2D eigenvalue weighted by atomic mass is 10.0.